The van der Waals surface area contributed by atoms with Crippen LogP contribution in [0.25, 0.3) is 21.8 Å². The number of amides is 1. The van der Waals surface area contributed by atoms with Crippen LogP contribution in [0.2, 0.25) is 0 Å². The third-order valence-electron chi connectivity index (χ3n) is 5.01. The fraction of sp³-hybridized carbons (Fsp3) is 0.160. The van der Waals surface area contributed by atoms with Gasteiger partial charge in [0.2, 0.25) is 0 Å². The molecule has 3 aromatic carbocycles. The molecule has 0 aliphatic heterocycles. The van der Waals surface area contributed by atoms with Crippen LogP contribution in [0.15, 0.2) is 71.7 Å². The highest BCUT2D eigenvalue weighted by atomic mass is 32.1. The molecule has 1 amide bonds. The maximum atomic E-state index is 12.7. The molecule has 0 spiro atoms. The topological polar surface area (TPSA) is 57.2 Å². The number of aromatic amines is 1. The van der Waals surface area contributed by atoms with Crippen molar-refractivity contribution in [2.75, 3.05) is 0 Å². The smallest absolute Gasteiger partial charge is 0.277 e. The number of nitrogens with one attached hydrogen (secondary N) is 2. The van der Waals surface area contributed by atoms with Crippen molar-refractivity contribution in [1.29, 1.82) is 0 Å². The van der Waals surface area contributed by atoms with E-state index in [1.807, 2.05) is 30.3 Å². The van der Waals surface area contributed by atoms with Crippen LogP contribution >= 0.6 is 12.2 Å². The standard InChI is InChI=1S/C25H23N3OS/c1-16(2)26-14-19-8-4-11-22-21-10-5-9-20(13-23(21)28-24(19)22)27-25(29)18-7-3-6-17(12-18)15-30/h3-13,15-16,26,28H,14H2,1-2H3. The average Bonchev–Trinajstić information content (AvgIpc) is 2.97. The highest BCUT2D eigenvalue weighted by Gasteiger charge is 2.08. The highest BCUT2D eigenvalue weighted by Crippen LogP contribution is 2.26. The fourth-order valence-electron chi connectivity index (χ4n) is 3.51. The Kier molecular flexibility index (Phi) is 5.84. The monoisotopic (exact) mass is 413 g/mol. The Morgan fingerprint density at radius 3 is 2.63 bits per heavy atom. The first-order valence-electron chi connectivity index (χ1n) is 9.96. The van der Waals surface area contributed by atoms with Crippen LogP contribution in [-0.2, 0) is 6.54 Å². The molecule has 4 rings (SSSR count). The molecule has 4 nitrogen and oxygen atoms in total. The molecule has 1 heterocycles. The molecule has 0 bridgehead atoms. The number of hydrogen-bond donors (Lipinski definition) is 2. The highest BCUT2D eigenvalue weighted by molar-refractivity contribution is 7.79. The summed E-state index contributed by atoms with van der Waals surface area (Å²) in [5, 5.41) is 7.91. The van der Waals surface area contributed by atoms with E-state index < -0.39 is 0 Å². The van der Waals surface area contributed by atoms with Crippen molar-refractivity contribution in [1.82, 2.24) is 10.3 Å². The number of nitrogens with zero attached hydrogens (tertiary/aromatic N) is 1. The van der Waals surface area contributed by atoms with Crippen molar-refractivity contribution < 1.29 is 4.79 Å². The first-order valence-corrected chi connectivity index (χ1v) is 10.4. The van der Waals surface area contributed by atoms with E-state index in [0.29, 0.717) is 17.0 Å². The van der Waals surface area contributed by atoms with Gasteiger partial charge in [-0.15, -0.1) is 0 Å². The van der Waals surface area contributed by atoms with Crippen molar-refractivity contribution in [3.63, 3.8) is 0 Å². The first-order chi connectivity index (χ1) is 14.5. The van der Waals surface area contributed by atoms with Crippen LogP contribution in [-0.4, -0.2) is 22.3 Å². The van der Waals surface area contributed by atoms with E-state index in [1.54, 1.807) is 17.5 Å². The van der Waals surface area contributed by atoms with E-state index in [0.717, 1.165) is 33.9 Å². The Morgan fingerprint density at radius 2 is 1.83 bits per heavy atom. The number of aromatic nitrogens is 1. The molecule has 0 fully saturated rings. The number of carbonyl (C=O) groups is 1. The van der Waals surface area contributed by atoms with Crippen molar-refractivity contribution in [3.8, 4) is 0 Å². The van der Waals surface area contributed by atoms with Gasteiger partial charge in [-0.3, -0.25) is 4.79 Å². The number of H-pyrrole nitrogens is 1. The lowest BCUT2D eigenvalue weighted by molar-refractivity contribution is 0.0998. The van der Waals surface area contributed by atoms with Crippen molar-refractivity contribution >= 4 is 45.3 Å². The minimum atomic E-state index is -0.286. The first kappa shape index (κ1) is 20.1. The van der Waals surface area contributed by atoms with Gasteiger partial charge in [-0.25, -0.2) is 4.99 Å². The maximum Gasteiger partial charge on any atom is 0.277 e. The zero-order valence-electron chi connectivity index (χ0n) is 17.0. The fourth-order valence-corrected chi connectivity index (χ4v) is 3.66. The second-order valence-electron chi connectivity index (χ2n) is 7.58. The summed E-state index contributed by atoms with van der Waals surface area (Å²) in [6.07, 6.45) is 0. The Morgan fingerprint density at radius 1 is 1.07 bits per heavy atom. The van der Waals surface area contributed by atoms with Crippen LogP contribution in [0.1, 0.15) is 35.3 Å². The van der Waals surface area contributed by atoms with Gasteiger partial charge in [-0.05, 0) is 35.4 Å². The summed E-state index contributed by atoms with van der Waals surface area (Å²) in [6, 6.07) is 21.7. The van der Waals surface area contributed by atoms with Gasteiger partial charge in [0.05, 0.1) is 10.9 Å². The van der Waals surface area contributed by atoms with Crippen LogP contribution in [0.3, 0.4) is 0 Å². The van der Waals surface area contributed by atoms with Crippen LogP contribution in [0.4, 0.5) is 0 Å². The Bertz CT molecular complexity index is 1320. The van der Waals surface area contributed by atoms with Gasteiger partial charge in [-0.2, -0.15) is 0 Å². The Balaban J connectivity index is 1.80. The third kappa shape index (κ3) is 4.22. The average molecular weight is 414 g/mol. The zero-order valence-corrected chi connectivity index (χ0v) is 17.8. The third-order valence-corrected chi connectivity index (χ3v) is 5.29. The minimum absolute atomic E-state index is 0.286. The molecule has 150 valence electrons. The van der Waals surface area contributed by atoms with Crippen LogP contribution < -0.4 is 10.7 Å². The predicted octanol–water partition coefficient (Wildman–Crippen LogP) is 4.91. The number of benzene rings is 2. The van der Waals surface area contributed by atoms with Gasteiger partial charge < -0.3 is 10.3 Å². The second kappa shape index (κ2) is 8.69. The number of rotatable bonds is 5. The van der Waals surface area contributed by atoms with Gasteiger partial charge in [-0.1, -0.05) is 68.5 Å². The molecule has 2 N–H and O–H groups in total. The normalized spacial score (nSPS) is 12.0. The number of hydrogen-bond acceptors (Lipinski definition) is 3. The molecule has 30 heavy (non-hydrogen) atoms. The predicted molar refractivity (Wildman–Crippen MR) is 127 cm³/mol. The van der Waals surface area contributed by atoms with Gasteiger partial charge in [0.25, 0.3) is 5.91 Å². The molecule has 0 saturated carbocycles. The summed E-state index contributed by atoms with van der Waals surface area (Å²) >= 11 is 4.96. The minimum Gasteiger partial charge on any atom is -0.354 e. The lowest BCUT2D eigenvalue weighted by Gasteiger charge is -2.08. The lowest BCUT2D eigenvalue weighted by Crippen LogP contribution is -2.21. The number of fused-ring (bicyclic) bond motifs is 3. The van der Waals surface area contributed by atoms with Crippen molar-refractivity contribution in [3.05, 3.63) is 88.8 Å². The lowest BCUT2D eigenvalue weighted by atomic mass is 10.1. The number of carbonyl (C=O) groups excluding carboxylic acids is 1. The van der Waals surface area contributed by atoms with Crippen LogP contribution in [0.5, 0.6) is 0 Å². The molecule has 1 aromatic heterocycles. The quantitative estimate of drug-likeness (QED) is 0.457. The summed E-state index contributed by atoms with van der Waals surface area (Å²) in [6.45, 7) is 5.07. The molecule has 0 atom stereocenters. The second-order valence-corrected chi connectivity index (χ2v) is 7.82. The van der Waals surface area contributed by atoms with Gasteiger partial charge in [0.1, 0.15) is 0 Å². The van der Waals surface area contributed by atoms with Crippen molar-refractivity contribution in [2.24, 2.45) is 4.99 Å². The molecule has 0 unspecified atom stereocenters. The van der Waals surface area contributed by atoms with E-state index in [-0.39, 0.29) is 5.91 Å². The summed E-state index contributed by atoms with van der Waals surface area (Å²) < 4.78 is 0. The number of para-hydroxylation sites is 1. The summed E-state index contributed by atoms with van der Waals surface area (Å²) in [4.78, 5) is 20.5. The zero-order chi connectivity index (χ0) is 21.1. The number of thiocarbonyl (C=S) groups is 1. The van der Waals surface area contributed by atoms with Crippen LogP contribution in [0, 0.1) is 0 Å². The Hall–Kier alpha value is -3.15. The Labute approximate surface area is 180 Å². The molecular formula is C25H23N3OS. The molecular weight excluding hydrogens is 390 g/mol. The SMILES string of the molecule is CC(C)NCc1cccc2c1[nH]c1cc(=NC(=O)c3cccc(C=S)c3)cccc12. The molecule has 5 heteroatoms. The summed E-state index contributed by atoms with van der Waals surface area (Å²) in [5.41, 5.74) is 4.62. The molecule has 0 aliphatic rings. The van der Waals surface area contributed by atoms with E-state index in [9.17, 15) is 4.79 Å². The molecule has 0 aliphatic carbocycles. The summed E-state index contributed by atoms with van der Waals surface area (Å²) in [7, 11) is 0. The van der Waals surface area contributed by atoms with E-state index in [2.05, 4.69) is 53.4 Å². The maximum absolute atomic E-state index is 12.7. The van der Waals surface area contributed by atoms with E-state index >= 15 is 0 Å². The largest absolute Gasteiger partial charge is 0.354 e. The van der Waals surface area contributed by atoms with Gasteiger partial charge in [0, 0.05) is 39.8 Å². The molecule has 0 radical (unpaired) electrons. The van der Waals surface area contributed by atoms with Gasteiger partial charge >= 0.3 is 0 Å². The molecule has 4 aromatic rings. The summed E-state index contributed by atoms with van der Waals surface area (Å²) in [5.74, 6) is -0.286. The van der Waals surface area contributed by atoms with E-state index in [4.69, 9.17) is 12.2 Å². The van der Waals surface area contributed by atoms with E-state index in [1.165, 1.54) is 5.56 Å². The molecule has 0 saturated heterocycles. The van der Waals surface area contributed by atoms with Crippen molar-refractivity contribution in [2.45, 2.75) is 26.4 Å². The van der Waals surface area contributed by atoms with Gasteiger partial charge in [0.15, 0.2) is 0 Å².